The second-order valence-electron chi connectivity index (χ2n) is 5.70. The summed E-state index contributed by atoms with van der Waals surface area (Å²) in [4.78, 5) is 24.5. The average molecular weight is 389 g/mol. The molecular formula is C20H23NO5S. The SMILES string of the molecule is COc1ccc(CCNC(=O)COC(=O)/C=C/c2sccc2C)cc1OC. The lowest BCUT2D eigenvalue weighted by molar-refractivity contribution is -0.143. The summed E-state index contributed by atoms with van der Waals surface area (Å²) in [5, 5.41) is 4.67. The first kappa shape index (κ1) is 20.5. The van der Waals surface area contributed by atoms with E-state index in [2.05, 4.69) is 5.32 Å². The monoisotopic (exact) mass is 389 g/mol. The van der Waals surface area contributed by atoms with E-state index >= 15 is 0 Å². The number of methoxy groups -OCH3 is 2. The molecule has 144 valence electrons. The van der Waals surface area contributed by atoms with Crippen molar-refractivity contribution in [3.8, 4) is 11.5 Å². The highest BCUT2D eigenvalue weighted by Crippen LogP contribution is 2.27. The smallest absolute Gasteiger partial charge is 0.331 e. The van der Waals surface area contributed by atoms with Gasteiger partial charge in [0.25, 0.3) is 5.91 Å². The van der Waals surface area contributed by atoms with Crippen LogP contribution in [0.15, 0.2) is 35.7 Å². The van der Waals surface area contributed by atoms with Crippen LogP contribution in [0, 0.1) is 6.92 Å². The number of thiophene rings is 1. The quantitative estimate of drug-likeness (QED) is 0.527. The van der Waals surface area contributed by atoms with Crippen molar-refractivity contribution in [3.05, 3.63) is 51.7 Å². The van der Waals surface area contributed by atoms with Gasteiger partial charge in [0.1, 0.15) is 0 Å². The molecule has 0 aliphatic carbocycles. The van der Waals surface area contributed by atoms with Gasteiger partial charge in [0, 0.05) is 17.5 Å². The molecule has 0 spiro atoms. The van der Waals surface area contributed by atoms with Gasteiger partial charge in [-0.2, -0.15) is 0 Å². The minimum atomic E-state index is -0.544. The summed E-state index contributed by atoms with van der Waals surface area (Å²) >= 11 is 1.54. The number of carbonyl (C=O) groups is 2. The van der Waals surface area contributed by atoms with E-state index in [1.807, 2.05) is 36.6 Å². The number of rotatable bonds is 9. The minimum Gasteiger partial charge on any atom is -0.493 e. The van der Waals surface area contributed by atoms with E-state index < -0.39 is 5.97 Å². The van der Waals surface area contributed by atoms with Gasteiger partial charge >= 0.3 is 5.97 Å². The van der Waals surface area contributed by atoms with E-state index in [-0.39, 0.29) is 12.5 Å². The Morgan fingerprint density at radius 1 is 1.15 bits per heavy atom. The zero-order valence-electron chi connectivity index (χ0n) is 15.6. The summed E-state index contributed by atoms with van der Waals surface area (Å²) < 4.78 is 15.4. The summed E-state index contributed by atoms with van der Waals surface area (Å²) in [6.07, 6.45) is 3.64. The van der Waals surface area contributed by atoms with Crippen LogP contribution in [0.5, 0.6) is 11.5 Å². The molecule has 6 nitrogen and oxygen atoms in total. The van der Waals surface area contributed by atoms with Gasteiger partial charge in [0.2, 0.25) is 0 Å². The van der Waals surface area contributed by atoms with Gasteiger partial charge in [-0.05, 0) is 54.1 Å². The molecule has 0 bridgehead atoms. The Hall–Kier alpha value is -2.80. The average Bonchev–Trinajstić information content (AvgIpc) is 3.09. The van der Waals surface area contributed by atoms with Crippen LogP contribution in [0.25, 0.3) is 6.08 Å². The predicted octanol–water partition coefficient (Wildman–Crippen LogP) is 2.99. The molecule has 0 atom stereocenters. The number of esters is 1. The number of carbonyl (C=O) groups excluding carboxylic acids is 2. The molecule has 1 aromatic carbocycles. The first-order valence-electron chi connectivity index (χ1n) is 8.40. The molecular weight excluding hydrogens is 366 g/mol. The third-order valence-corrected chi connectivity index (χ3v) is 4.79. The molecule has 2 rings (SSSR count). The Bertz CT molecular complexity index is 812. The van der Waals surface area contributed by atoms with Crippen molar-refractivity contribution in [3.63, 3.8) is 0 Å². The molecule has 1 heterocycles. The van der Waals surface area contributed by atoms with E-state index in [1.165, 1.54) is 17.4 Å². The van der Waals surface area contributed by atoms with Crippen LogP contribution in [0.4, 0.5) is 0 Å². The van der Waals surface area contributed by atoms with Crippen LogP contribution < -0.4 is 14.8 Å². The fourth-order valence-electron chi connectivity index (χ4n) is 2.32. The molecule has 0 fully saturated rings. The standard InChI is InChI=1S/C20H23NO5S/c1-14-9-11-27-18(14)6-7-20(23)26-13-19(22)21-10-8-15-4-5-16(24-2)17(12-15)25-3/h4-7,9,11-12H,8,10,13H2,1-3H3,(H,21,22)/b7-6+. The molecule has 27 heavy (non-hydrogen) atoms. The van der Waals surface area contributed by atoms with E-state index in [0.717, 1.165) is 16.0 Å². The molecule has 0 aliphatic rings. The van der Waals surface area contributed by atoms with Crippen molar-refractivity contribution in [2.75, 3.05) is 27.4 Å². The number of amides is 1. The number of hydrogen-bond acceptors (Lipinski definition) is 6. The van der Waals surface area contributed by atoms with Gasteiger partial charge in [-0.25, -0.2) is 4.79 Å². The lowest BCUT2D eigenvalue weighted by Crippen LogP contribution is -2.30. The van der Waals surface area contributed by atoms with Gasteiger partial charge in [-0.3, -0.25) is 4.79 Å². The van der Waals surface area contributed by atoms with Crippen LogP contribution in [0.2, 0.25) is 0 Å². The second kappa shape index (κ2) is 10.4. The van der Waals surface area contributed by atoms with Gasteiger partial charge < -0.3 is 19.5 Å². The van der Waals surface area contributed by atoms with Gasteiger partial charge in [0.05, 0.1) is 14.2 Å². The second-order valence-corrected chi connectivity index (χ2v) is 6.65. The van der Waals surface area contributed by atoms with Gasteiger partial charge in [0.15, 0.2) is 18.1 Å². The lowest BCUT2D eigenvalue weighted by atomic mass is 10.1. The molecule has 0 saturated carbocycles. The maximum atomic E-state index is 11.8. The van der Waals surface area contributed by atoms with E-state index in [4.69, 9.17) is 14.2 Å². The third-order valence-electron chi connectivity index (χ3n) is 3.80. The summed E-state index contributed by atoms with van der Waals surface area (Å²) in [7, 11) is 3.15. The Morgan fingerprint density at radius 3 is 2.59 bits per heavy atom. The molecule has 0 unspecified atom stereocenters. The maximum absolute atomic E-state index is 11.8. The summed E-state index contributed by atoms with van der Waals surface area (Å²) in [5.41, 5.74) is 2.09. The van der Waals surface area contributed by atoms with Gasteiger partial charge in [-0.15, -0.1) is 11.3 Å². The largest absolute Gasteiger partial charge is 0.493 e. The molecule has 1 aromatic heterocycles. The molecule has 1 N–H and O–H groups in total. The summed E-state index contributed by atoms with van der Waals surface area (Å²) in [6.45, 7) is 2.09. The molecule has 2 aromatic rings. The predicted molar refractivity (Wildman–Crippen MR) is 105 cm³/mol. The fraction of sp³-hybridized carbons (Fsp3) is 0.300. The van der Waals surface area contributed by atoms with Crippen molar-refractivity contribution in [2.45, 2.75) is 13.3 Å². The van der Waals surface area contributed by atoms with E-state index in [0.29, 0.717) is 24.5 Å². The van der Waals surface area contributed by atoms with E-state index in [9.17, 15) is 9.59 Å². The van der Waals surface area contributed by atoms with Crippen molar-refractivity contribution in [1.82, 2.24) is 5.32 Å². The Labute approximate surface area is 162 Å². The molecule has 0 aliphatic heterocycles. The van der Waals surface area contributed by atoms with Crippen LogP contribution in [0.3, 0.4) is 0 Å². The van der Waals surface area contributed by atoms with Crippen molar-refractivity contribution >= 4 is 29.3 Å². The van der Waals surface area contributed by atoms with E-state index in [1.54, 1.807) is 20.3 Å². The molecule has 7 heteroatoms. The van der Waals surface area contributed by atoms with Crippen molar-refractivity contribution < 1.29 is 23.8 Å². The molecule has 1 amide bonds. The first-order chi connectivity index (χ1) is 13.0. The highest BCUT2D eigenvalue weighted by molar-refractivity contribution is 7.11. The molecule has 0 saturated heterocycles. The first-order valence-corrected chi connectivity index (χ1v) is 9.28. The lowest BCUT2D eigenvalue weighted by Gasteiger charge is -2.10. The Balaban J connectivity index is 1.71. The number of hydrogen-bond donors (Lipinski definition) is 1. The third kappa shape index (κ3) is 6.45. The van der Waals surface area contributed by atoms with Gasteiger partial charge in [-0.1, -0.05) is 6.07 Å². The van der Waals surface area contributed by atoms with Crippen molar-refractivity contribution in [2.24, 2.45) is 0 Å². The zero-order chi connectivity index (χ0) is 19.6. The highest BCUT2D eigenvalue weighted by Gasteiger charge is 2.07. The van der Waals surface area contributed by atoms with Crippen LogP contribution in [0.1, 0.15) is 16.0 Å². The Morgan fingerprint density at radius 2 is 1.93 bits per heavy atom. The Kier molecular flexibility index (Phi) is 7.88. The van der Waals surface area contributed by atoms with Crippen molar-refractivity contribution in [1.29, 1.82) is 0 Å². The topological polar surface area (TPSA) is 73.9 Å². The normalized spacial score (nSPS) is 10.6. The number of aryl methyl sites for hydroxylation is 1. The maximum Gasteiger partial charge on any atom is 0.331 e. The van der Waals surface area contributed by atoms with Crippen LogP contribution >= 0.6 is 11.3 Å². The number of benzene rings is 1. The zero-order valence-corrected chi connectivity index (χ0v) is 16.4. The van der Waals surface area contributed by atoms with Crippen LogP contribution in [-0.4, -0.2) is 39.2 Å². The number of ether oxygens (including phenoxy) is 3. The summed E-state index contributed by atoms with van der Waals surface area (Å²) in [6, 6.07) is 7.56. The summed E-state index contributed by atoms with van der Waals surface area (Å²) in [5.74, 6) is 0.411. The van der Waals surface area contributed by atoms with Crippen LogP contribution in [-0.2, 0) is 20.7 Å². The fourth-order valence-corrected chi connectivity index (χ4v) is 3.14. The highest BCUT2D eigenvalue weighted by atomic mass is 32.1. The minimum absolute atomic E-state index is 0.307. The number of nitrogens with one attached hydrogen (secondary N) is 1. The molecule has 0 radical (unpaired) electrons.